The summed E-state index contributed by atoms with van der Waals surface area (Å²) in [4.78, 5) is 31.4. The number of benzene rings is 21. The average molecular weight is 1530 g/mol. The molecule has 0 fully saturated rings. The third kappa shape index (κ3) is 12.9. The lowest BCUT2D eigenvalue weighted by atomic mass is 9.83. The van der Waals surface area contributed by atoms with Crippen LogP contribution in [0.1, 0.15) is 0 Å². The quantitative estimate of drug-likeness (QED) is 0.113. The standard InChI is InChI=1S/C61H39N3.C53H33N3/c1-2-17-40(18-3-1)41-35-37-44(38-36-41)47-25-8-9-28-50(47)58-53-31-12-10-29-51(53)57(52-30-11-13-32-54(52)58)45-23-14-24-46(39-45)59-62-60(55-33-15-21-42-19-4-6-26-48(42)55)64-61(63-59)56-34-16-22-43-20-5-7-27-49(43)56;1-3-16-37-31-40(29-27-34(37)13-1)50-46-24-9-7-22-44(46)49(45-23-8-10-25-47(45)50)39-19-11-20-41(33-39)51-54-52(42-30-28-35-14-2-4-17-38(35)32-42)56-53(55-51)48-26-12-18-36-15-5-6-21-43(36)48/h1-39H;1-33H. The van der Waals surface area contributed by atoms with Crippen molar-refractivity contribution in [3.8, 4) is 135 Å². The third-order valence-corrected chi connectivity index (χ3v) is 23.6. The highest BCUT2D eigenvalue weighted by atomic mass is 15.0. The van der Waals surface area contributed by atoms with E-state index in [0.717, 1.165) is 82.2 Å². The lowest BCUT2D eigenvalue weighted by Crippen LogP contribution is -2.01. The zero-order chi connectivity index (χ0) is 79.4. The van der Waals surface area contributed by atoms with Crippen LogP contribution in [0.4, 0.5) is 0 Å². The Morgan fingerprint density at radius 3 is 0.758 bits per heavy atom. The van der Waals surface area contributed by atoms with Gasteiger partial charge in [-0.2, -0.15) is 0 Å². The summed E-state index contributed by atoms with van der Waals surface area (Å²) in [5, 5.41) is 21.2. The summed E-state index contributed by atoms with van der Waals surface area (Å²) in [6.07, 6.45) is 0. The third-order valence-electron chi connectivity index (χ3n) is 23.6. The summed E-state index contributed by atoms with van der Waals surface area (Å²) in [5.41, 5.74) is 20.0. The number of nitrogens with zero attached hydrogens (tertiary/aromatic N) is 6. The van der Waals surface area contributed by atoms with Gasteiger partial charge in [0.15, 0.2) is 34.9 Å². The minimum Gasteiger partial charge on any atom is -0.208 e. The van der Waals surface area contributed by atoms with Gasteiger partial charge in [-0.3, -0.25) is 0 Å². The van der Waals surface area contributed by atoms with E-state index in [1.807, 2.05) is 0 Å². The molecule has 0 atom stereocenters. The topological polar surface area (TPSA) is 77.3 Å². The molecule has 6 nitrogen and oxygen atoms in total. The van der Waals surface area contributed by atoms with Gasteiger partial charge in [0.05, 0.1) is 0 Å². The lowest BCUT2D eigenvalue weighted by Gasteiger charge is -2.20. The van der Waals surface area contributed by atoms with E-state index in [1.165, 1.54) is 115 Å². The lowest BCUT2D eigenvalue weighted by molar-refractivity contribution is 1.08. The van der Waals surface area contributed by atoms with Crippen molar-refractivity contribution >= 4 is 97.0 Å². The second-order valence-corrected chi connectivity index (χ2v) is 30.6. The largest absolute Gasteiger partial charge is 0.208 e. The van der Waals surface area contributed by atoms with Gasteiger partial charge in [0.2, 0.25) is 0 Å². The molecular weight excluding hydrogens is 1450 g/mol. The monoisotopic (exact) mass is 1520 g/mol. The van der Waals surface area contributed by atoms with Crippen molar-refractivity contribution in [1.29, 1.82) is 0 Å². The number of aromatic nitrogens is 6. The Hall–Kier alpha value is -16.0. The number of hydrogen-bond donors (Lipinski definition) is 0. The van der Waals surface area contributed by atoms with Crippen LogP contribution in [0.5, 0.6) is 0 Å². The number of hydrogen-bond acceptors (Lipinski definition) is 6. The molecule has 0 aliphatic heterocycles. The summed E-state index contributed by atoms with van der Waals surface area (Å²) < 4.78 is 0. The van der Waals surface area contributed by atoms with E-state index in [1.54, 1.807) is 0 Å². The van der Waals surface area contributed by atoms with E-state index >= 15 is 0 Å². The van der Waals surface area contributed by atoms with E-state index in [2.05, 4.69) is 437 Å². The van der Waals surface area contributed by atoms with E-state index < -0.39 is 0 Å². The number of rotatable bonds is 12. The van der Waals surface area contributed by atoms with Crippen LogP contribution in [0.25, 0.3) is 232 Å². The maximum absolute atomic E-state index is 5.28. The SMILES string of the molecule is c1cc(-c2nc(-c3ccc4ccccc4c3)nc(-c3cccc4ccccc34)n2)cc(-c2c3ccccc3c(-c3ccc4ccccc4c3)c3ccccc23)c1.c1ccc(-c2ccc(-c3ccccc3-c3c4ccccc4c(-c4cccc(-c5nc(-c6cccc7ccccc67)nc(-c6cccc7ccccc67)n5)c4)c4ccccc34)cc2)cc1. The smallest absolute Gasteiger partial charge is 0.164 e. The Balaban J connectivity index is 0.000000145. The minimum atomic E-state index is 0.625. The molecule has 2 aromatic heterocycles. The van der Waals surface area contributed by atoms with Crippen LogP contribution in [-0.2, 0) is 0 Å². The van der Waals surface area contributed by atoms with Gasteiger partial charge >= 0.3 is 0 Å². The van der Waals surface area contributed by atoms with Crippen LogP contribution in [0.2, 0.25) is 0 Å². The fourth-order valence-electron chi connectivity index (χ4n) is 18.0. The van der Waals surface area contributed by atoms with Crippen molar-refractivity contribution < 1.29 is 0 Å². The van der Waals surface area contributed by atoms with Crippen LogP contribution in [0, 0.1) is 0 Å². The Labute approximate surface area is 694 Å². The van der Waals surface area contributed by atoms with E-state index in [-0.39, 0.29) is 0 Å². The van der Waals surface area contributed by atoms with Crippen molar-refractivity contribution in [2.24, 2.45) is 0 Å². The highest BCUT2D eigenvalue weighted by Crippen LogP contribution is 2.49. The Bertz CT molecular complexity index is 7760. The molecular formula is C114H72N6. The van der Waals surface area contributed by atoms with Crippen LogP contribution in [0.3, 0.4) is 0 Å². The summed E-state index contributed by atoms with van der Waals surface area (Å²) in [6, 6.07) is 156. The van der Waals surface area contributed by atoms with E-state index in [9.17, 15) is 0 Å². The second kappa shape index (κ2) is 30.3. The molecule has 0 radical (unpaired) electrons. The Morgan fingerprint density at radius 1 is 0.108 bits per heavy atom. The fourth-order valence-corrected chi connectivity index (χ4v) is 18.0. The van der Waals surface area contributed by atoms with Gasteiger partial charge in [0.1, 0.15) is 0 Å². The predicted octanol–water partition coefficient (Wildman–Crippen LogP) is 30.1. The summed E-state index contributed by atoms with van der Waals surface area (Å²) in [5.74, 6) is 3.84. The van der Waals surface area contributed by atoms with Crippen LogP contribution in [0.15, 0.2) is 437 Å². The summed E-state index contributed by atoms with van der Waals surface area (Å²) in [7, 11) is 0. The maximum Gasteiger partial charge on any atom is 0.164 e. The normalized spacial score (nSPS) is 11.5. The zero-order valence-electron chi connectivity index (χ0n) is 65.3. The van der Waals surface area contributed by atoms with Gasteiger partial charge in [-0.15, -0.1) is 0 Å². The highest BCUT2D eigenvalue weighted by Gasteiger charge is 2.24. The molecule has 0 unspecified atom stereocenters. The Morgan fingerprint density at radius 2 is 0.342 bits per heavy atom. The van der Waals surface area contributed by atoms with Crippen molar-refractivity contribution in [3.05, 3.63) is 437 Å². The maximum atomic E-state index is 5.28. The molecule has 0 aliphatic rings. The first-order valence-electron chi connectivity index (χ1n) is 40.8. The highest BCUT2D eigenvalue weighted by molar-refractivity contribution is 6.24. The van der Waals surface area contributed by atoms with Crippen molar-refractivity contribution in [1.82, 2.24) is 29.9 Å². The molecule has 120 heavy (non-hydrogen) atoms. The van der Waals surface area contributed by atoms with Crippen molar-refractivity contribution in [3.63, 3.8) is 0 Å². The first-order valence-corrected chi connectivity index (χ1v) is 40.8. The first kappa shape index (κ1) is 70.6. The molecule has 21 aromatic carbocycles. The molecule has 0 amide bonds. The molecule has 0 spiro atoms. The molecule has 0 saturated carbocycles. The fraction of sp³-hybridized carbons (Fsp3) is 0. The molecule has 0 bridgehead atoms. The minimum absolute atomic E-state index is 0.625. The zero-order valence-corrected chi connectivity index (χ0v) is 65.3. The molecule has 0 N–H and O–H groups in total. The predicted molar refractivity (Wildman–Crippen MR) is 502 cm³/mol. The van der Waals surface area contributed by atoms with Crippen LogP contribution in [-0.4, -0.2) is 29.9 Å². The number of fused-ring (bicyclic) bond motifs is 9. The van der Waals surface area contributed by atoms with Crippen LogP contribution < -0.4 is 0 Å². The Kier molecular flexibility index (Phi) is 17.8. The molecule has 558 valence electrons. The second-order valence-electron chi connectivity index (χ2n) is 30.6. The van der Waals surface area contributed by atoms with Gasteiger partial charge < -0.3 is 0 Å². The van der Waals surface area contributed by atoms with Gasteiger partial charge in [-0.25, -0.2) is 29.9 Å². The molecule has 2 heterocycles. The van der Waals surface area contributed by atoms with Crippen LogP contribution >= 0.6 is 0 Å². The van der Waals surface area contributed by atoms with Crippen molar-refractivity contribution in [2.45, 2.75) is 0 Å². The van der Waals surface area contributed by atoms with Gasteiger partial charge in [0, 0.05) is 33.4 Å². The van der Waals surface area contributed by atoms with E-state index in [4.69, 9.17) is 29.9 Å². The molecule has 0 aliphatic carbocycles. The molecule has 6 heteroatoms. The summed E-state index contributed by atoms with van der Waals surface area (Å²) in [6.45, 7) is 0. The van der Waals surface area contributed by atoms with Crippen molar-refractivity contribution in [2.75, 3.05) is 0 Å². The molecule has 0 saturated heterocycles. The molecule has 23 rings (SSSR count). The molecule has 23 aromatic rings. The van der Waals surface area contributed by atoms with Gasteiger partial charge in [-0.05, 0) is 188 Å². The van der Waals surface area contributed by atoms with E-state index in [0.29, 0.717) is 34.9 Å². The van der Waals surface area contributed by atoms with Gasteiger partial charge in [-0.1, -0.05) is 413 Å². The first-order chi connectivity index (χ1) is 59.5. The summed E-state index contributed by atoms with van der Waals surface area (Å²) >= 11 is 0. The average Bonchev–Trinajstić information content (AvgIpc) is 0.735. The van der Waals surface area contributed by atoms with Gasteiger partial charge in [0.25, 0.3) is 0 Å².